The summed E-state index contributed by atoms with van der Waals surface area (Å²) >= 11 is 1.16. The van der Waals surface area contributed by atoms with Crippen LogP contribution in [0.5, 0.6) is 17.2 Å². The number of benzene rings is 2. The second kappa shape index (κ2) is 12.6. The second-order valence-corrected chi connectivity index (χ2v) is 8.22. The van der Waals surface area contributed by atoms with Crippen LogP contribution in [0.15, 0.2) is 51.1 Å². The van der Waals surface area contributed by atoms with Crippen LogP contribution in [0.25, 0.3) is 0 Å². The summed E-state index contributed by atoms with van der Waals surface area (Å²) < 4.78 is 21.4. The highest BCUT2D eigenvalue weighted by Crippen LogP contribution is 2.22. The fourth-order valence-corrected chi connectivity index (χ4v) is 3.75. The molecule has 0 aliphatic heterocycles. The molecule has 0 saturated carbocycles. The molecule has 0 aliphatic carbocycles. The summed E-state index contributed by atoms with van der Waals surface area (Å²) in [6.45, 7) is 2.07. The third kappa shape index (κ3) is 7.24. The molecule has 0 atom stereocenters. The van der Waals surface area contributed by atoms with Crippen LogP contribution in [0.1, 0.15) is 29.0 Å². The zero-order valence-electron chi connectivity index (χ0n) is 19.7. The van der Waals surface area contributed by atoms with Crippen molar-refractivity contribution in [2.75, 3.05) is 27.1 Å². The van der Waals surface area contributed by atoms with Gasteiger partial charge in [-0.05, 0) is 61.2 Å². The lowest BCUT2D eigenvalue weighted by Gasteiger charge is -2.07. The molecule has 3 rings (SSSR count). The number of amides is 1. The highest BCUT2D eigenvalue weighted by Gasteiger charge is 2.10. The van der Waals surface area contributed by atoms with Gasteiger partial charge in [-0.25, -0.2) is 5.43 Å². The van der Waals surface area contributed by atoms with Gasteiger partial charge in [0.05, 0.1) is 33.3 Å². The number of thioether (sulfide) groups is 1. The highest BCUT2D eigenvalue weighted by atomic mass is 32.2. The summed E-state index contributed by atoms with van der Waals surface area (Å²) in [5, 5.41) is 12.4. The van der Waals surface area contributed by atoms with E-state index in [1.54, 1.807) is 39.5 Å². The molecule has 2 aromatic carbocycles. The van der Waals surface area contributed by atoms with Crippen LogP contribution in [0, 0.1) is 6.92 Å². The molecule has 1 amide bonds. The van der Waals surface area contributed by atoms with Crippen LogP contribution in [0.3, 0.4) is 0 Å². The third-order valence-corrected chi connectivity index (χ3v) is 5.81. The van der Waals surface area contributed by atoms with Crippen LogP contribution in [-0.2, 0) is 17.6 Å². The summed E-state index contributed by atoms with van der Waals surface area (Å²) in [4.78, 5) is 12.1. The minimum absolute atomic E-state index is 0.0965. The first-order valence-electron chi connectivity index (χ1n) is 10.6. The van der Waals surface area contributed by atoms with Gasteiger partial charge in [0.15, 0.2) is 0 Å². The van der Waals surface area contributed by atoms with Crippen molar-refractivity contribution in [1.82, 2.24) is 15.6 Å². The van der Waals surface area contributed by atoms with Gasteiger partial charge in [-0.2, -0.15) is 5.10 Å². The molecular formula is C24H28N4O5S. The minimum atomic E-state index is -0.294. The molecule has 0 bridgehead atoms. The average molecular weight is 485 g/mol. The van der Waals surface area contributed by atoms with Gasteiger partial charge < -0.3 is 18.6 Å². The van der Waals surface area contributed by atoms with Gasteiger partial charge in [-0.1, -0.05) is 17.8 Å². The lowest BCUT2D eigenvalue weighted by Crippen LogP contribution is -2.19. The van der Waals surface area contributed by atoms with E-state index < -0.39 is 0 Å². The Morgan fingerprint density at radius 3 is 2.56 bits per heavy atom. The van der Waals surface area contributed by atoms with Crippen molar-refractivity contribution in [3.63, 3.8) is 0 Å². The van der Waals surface area contributed by atoms with Crippen molar-refractivity contribution in [3.05, 3.63) is 59.0 Å². The molecule has 1 N–H and O–H groups in total. The normalized spacial score (nSPS) is 10.9. The Kier molecular flexibility index (Phi) is 9.33. The maximum absolute atomic E-state index is 12.1. The molecule has 0 aliphatic rings. The molecule has 1 aromatic heterocycles. The molecule has 1 heterocycles. The number of rotatable bonds is 12. The van der Waals surface area contributed by atoms with Gasteiger partial charge in [0.25, 0.3) is 11.1 Å². The molecule has 0 radical (unpaired) electrons. The molecule has 9 nitrogen and oxygen atoms in total. The van der Waals surface area contributed by atoms with Gasteiger partial charge in [0.1, 0.15) is 17.2 Å². The van der Waals surface area contributed by atoms with E-state index in [1.165, 1.54) is 17.3 Å². The Morgan fingerprint density at radius 1 is 1.06 bits per heavy atom. The first-order chi connectivity index (χ1) is 16.5. The monoisotopic (exact) mass is 484 g/mol. The number of ether oxygens (including phenoxy) is 3. The third-order valence-electron chi connectivity index (χ3n) is 4.99. The molecular weight excluding hydrogens is 456 g/mol. The Hall–Kier alpha value is -3.53. The maximum atomic E-state index is 12.1. The van der Waals surface area contributed by atoms with Crippen molar-refractivity contribution in [1.29, 1.82) is 0 Å². The number of methoxy groups -OCH3 is 3. The van der Waals surface area contributed by atoms with Crippen molar-refractivity contribution in [3.8, 4) is 17.2 Å². The average Bonchev–Trinajstić information content (AvgIpc) is 3.31. The molecule has 0 unspecified atom stereocenters. The predicted octanol–water partition coefficient (Wildman–Crippen LogP) is 3.82. The number of hydrogen-bond acceptors (Lipinski definition) is 9. The number of aromatic nitrogens is 2. The van der Waals surface area contributed by atoms with E-state index in [9.17, 15) is 4.79 Å². The zero-order chi connectivity index (χ0) is 24.3. The topological polar surface area (TPSA) is 108 Å². The van der Waals surface area contributed by atoms with E-state index in [0.29, 0.717) is 34.6 Å². The zero-order valence-corrected chi connectivity index (χ0v) is 20.5. The van der Waals surface area contributed by atoms with E-state index in [-0.39, 0.29) is 11.7 Å². The lowest BCUT2D eigenvalue weighted by atomic mass is 10.0. The van der Waals surface area contributed by atoms with Crippen LogP contribution in [0.4, 0.5) is 0 Å². The van der Waals surface area contributed by atoms with E-state index in [4.69, 9.17) is 18.6 Å². The Labute approximate surface area is 202 Å². The lowest BCUT2D eigenvalue weighted by molar-refractivity contribution is -0.118. The fourth-order valence-electron chi connectivity index (χ4n) is 3.18. The number of nitrogens with one attached hydrogen (secondary N) is 1. The number of nitrogens with zero attached hydrogens (tertiary/aromatic N) is 3. The maximum Gasteiger partial charge on any atom is 0.277 e. The largest absolute Gasteiger partial charge is 0.497 e. The number of aryl methyl sites for hydroxylation is 3. The standard InChI is InChI=1S/C24H28N4O5S/c1-16-12-19(30-2)9-8-17(16)6-5-7-23-27-28-24(33-23)34-15-22(29)26-25-14-18-13-20(31-3)10-11-21(18)32-4/h8-14H,5-7,15H2,1-4H3,(H,26,29)/b25-14+. The first-order valence-corrected chi connectivity index (χ1v) is 11.6. The summed E-state index contributed by atoms with van der Waals surface area (Å²) in [6, 6.07) is 11.4. The SMILES string of the molecule is COc1ccc(CCCc2nnc(SCC(=O)N/N=C/c3cc(OC)ccc3OC)o2)c(C)c1. The smallest absolute Gasteiger partial charge is 0.277 e. The minimum Gasteiger partial charge on any atom is -0.497 e. The van der Waals surface area contributed by atoms with Crippen molar-refractivity contribution >= 4 is 23.9 Å². The van der Waals surface area contributed by atoms with E-state index in [2.05, 4.69) is 33.7 Å². The fraction of sp³-hybridized carbons (Fsp3) is 0.333. The van der Waals surface area contributed by atoms with Gasteiger partial charge in [0.2, 0.25) is 5.89 Å². The Morgan fingerprint density at radius 2 is 1.82 bits per heavy atom. The Bertz CT molecular complexity index is 1130. The number of carbonyl (C=O) groups excluding carboxylic acids is 1. The number of hydrazone groups is 1. The molecule has 10 heteroatoms. The van der Waals surface area contributed by atoms with Crippen molar-refractivity contribution < 1.29 is 23.4 Å². The van der Waals surface area contributed by atoms with Gasteiger partial charge >= 0.3 is 0 Å². The molecule has 3 aromatic rings. The van der Waals surface area contributed by atoms with E-state index >= 15 is 0 Å². The molecule has 0 spiro atoms. The number of hydrogen-bond donors (Lipinski definition) is 1. The van der Waals surface area contributed by atoms with Crippen LogP contribution in [-0.4, -0.2) is 49.4 Å². The molecule has 180 valence electrons. The highest BCUT2D eigenvalue weighted by molar-refractivity contribution is 7.99. The van der Waals surface area contributed by atoms with Gasteiger partial charge in [0, 0.05) is 12.0 Å². The summed E-state index contributed by atoms with van der Waals surface area (Å²) in [7, 11) is 4.80. The summed E-state index contributed by atoms with van der Waals surface area (Å²) in [5.74, 6) is 2.49. The summed E-state index contributed by atoms with van der Waals surface area (Å²) in [6.07, 6.45) is 3.94. The molecule has 34 heavy (non-hydrogen) atoms. The summed E-state index contributed by atoms with van der Waals surface area (Å²) in [5.41, 5.74) is 5.62. The predicted molar refractivity (Wildman–Crippen MR) is 130 cm³/mol. The van der Waals surface area contributed by atoms with Crippen molar-refractivity contribution in [2.24, 2.45) is 5.10 Å². The number of carbonyl (C=O) groups is 1. The van der Waals surface area contributed by atoms with Crippen LogP contribution >= 0.6 is 11.8 Å². The van der Waals surface area contributed by atoms with Crippen LogP contribution in [0.2, 0.25) is 0 Å². The Balaban J connectivity index is 1.42. The van der Waals surface area contributed by atoms with E-state index in [1.807, 2.05) is 12.1 Å². The molecule has 0 fully saturated rings. The van der Waals surface area contributed by atoms with Gasteiger partial charge in [-0.15, -0.1) is 10.2 Å². The quantitative estimate of drug-likeness (QED) is 0.235. The van der Waals surface area contributed by atoms with Gasteiger partial charge in [-0.3, -0.25) is 4.79 Å². The van der Waals surface area contributed by atoms with Crippen LogP contribution < -0.4 is 19.6 Å². The second-order valence-electron chi connectivity index (χ2n) is 7.30. The first kappa shape index (κ1) is 25.1. The molecule has 0 saturated heterocycles. The van der Waals surface area contributed by atoms with E-state index in [0.717, 1.165) is 30.4 Å². The van der Waals surface area contributed by atoms with Crippen molar-refractivity contribution in [2.45, 2.75) is 31.4 Å².